The van der Waals surface area contributed by atoms with Crippen LogP contribution in [-0.2, 0) is 11.2 Å². The average molecular weight is 467 g/mol. The molecule has 1 atom stereocenters. The molecule has 0 radical (unpaired) electrons. The maximum atomic E-state index is 11.9. The summed E-state index contributed by atoms with van der Waals surface area (Å²) in [4.78, 5) is 27.5. The van der Waals surface area contributed by atoms with E-state index in [1.54, 1.807) is 4.90 Å². The number of urea groups is 1. The molecule has 184 valence electrons. The predicted molar refractivity (Wildman–Crippen MR) is 124 cm³/mol. The number of rotatable bonds is 6. The van der Waals surface area contributed by atoms with Crippen LogP contribution < -0.4 is 15.5 Å². The molecule has 3 N–H and O–H groups in total. The van der Waals surface area contributed by atoms with Gasteiger partial charge in [0, 0.05) is 57.3 Å². The van der Waals surface area contributed by atoms with Gasteiger partial charge in [-0.25, -0.2) is 13.6 Å². The Kier molecular flexibility index (Phi) is 8.78. The fourth-order valence-electron chi connectivity index (χ4n) is 4.63. The molecular weight excluding hydrogens is 430 g/mol. The summed E-state index contributed by atoms with van der Waals surface area (Å²) in [6, 6.07) is 9.37. The first kappa shape index (κ1) is 25.5. The van der Waals surface area contributed by atoms with E-state index in [0.29, 0.717) is 25.9 Å². The second-order valence-electron chi connectivity index (χ2n) is 9.47. The fourth-order valence-corrected chi connectivity index (χ4v) is 4.63. The number of aliphatic hydroxyl groups is 1. The van der Waals surface area contributed by atoms with Crippen molar-refractivity contribution in [3.63, 3.8) is 0 Å². The molecule has 1 unspecified atom stereocenters. The molecule has 0 bridgehead atoms. The van der Waals surface area contributed by atoms with Gasteiger partial charge in [0.25, 0.3) is 5.92 Å². The molecule has 9 heteroatoms. The summed E-state index contributed by atoms with van der Waals surface area (Å²) < 4.78 is 22.4. The number of nitrogens with one attached hydrogen (secondary N) is 2. The number of hydrogen-bond donors (Lipinski definition) is 3. The van der Waals surface area contributed by atoms with Crippen molar-refractivity contribution >= 4 is 17.6 Å². The Morgan fingerprint density at radius 1 is 1.15 bits per heavy atom. The van der Waals surface area contributed by atoms with Crippen molar-refractivity contribution in [2.75, 3.05) is 37.7 Å². The van der Waals surface area contributed by atoms with Crippen LogP contribution >= 0.6 is 0 Å². The number of anilines is 1. The van der Waals surface area contributed by atoms with Gasteiger partial charge in [-0.3, -0.25) is 19.9 Å². The molecule has 3 aliphatic rings. The van der Waals surface area contributed by atoms with Crippen LogP contribution in [0.3, 0.4) is 0 Å². The Labute approximate surface area is 194 Å². The molecule has 0 spiro atoms. The second-order valence-corrected chi connectivity index (χ2v) is 9.47. The highest BCUT2D eigenvalue weighted by Crippen LogP contribution is 2.36. The third-order valence-electron chi connectivity index (χ3n) is 6.65. The van der Waals surface area contributed by atoms with Gasteiger partial charge in [-0.05, 0) is 56.2 Å². The third kappa shape index (κ3) is 7.45. The van der Waals surface area contributed by atoms with E-state index in [1.807, 2.05) is 12.1 Å². The molecule has 3 amide bonds. The molecule has 2 aliphatic heterocycles. The zero-order valence-corrected chi connectivity index (χ0v) is 19.5. The van der Waals surface area contributed by atoms with Crippen molar-refractivity contribution < 1.29 is 23.5 Å². The minimum absolute atomic E-state index is 0.193. The van der Waals surface area contributed by atoms with Crippen LogP contribution in [-0.4, -0.2) is 72.7 Å². The summed E-state index contributed by atoms with van der Waals surface area (Å²) in [5.74, 6) is -2.25. The third-order valence-corrected chi connectivity index (χ3v) is 6.65. The van der Waals surface area contributed by atoms with Crippen molar-refractivity contribution in [3.8, 4) is 0 Å². The molecule has 2 saturated heterocycles. The SMILES string of the molecule is CC(F)(F)CO.CC1CNCCN1C1CC(CCc2ccc(N3CCC(=O)NC3=O)cc2)C1. The molecule has 2 heterocycles. The van der Waals surface area contributed by atoms with Gasteiger partial charge in [0.1, 0.15) is 6.61 Å². The summed E-state index contributed by atoms with van der Waals surface area (Å²) in [6.07, 6.45) is 5.38. The highest BCUT2D eigenvalue weighted by Gasteiger charge is 2.36. The van der Waals surface area contributed by atoms with Gasteiger partial charge in [0.2, 0.25) is 5.91 Å². The van der Waals surface area contributed by atoms with Crippen molar-refractivity contribution in [2.45, 2.75) is 64.0 Å². The monoisotopic (exact) mass is 466 g/mol. The highest BCUT2D eigenvalue weighted by molar-refractivity contribution is 6.05. The van der Waals surface area contributed by atoms with Crippen LogP contribution in [0.1, 0.15) is 45.1 Å². The molecule has 1 saturated carbocycles. The normalized spacial score (nSPS) is 26.2. The van der Waals surface area contributed by atoms with E-state index in [2.05, 4.69) is 34.6 Å². The topological polar surface area (TPSA) is 84.9 Å². The summed E-state index contributed by atoms with van der Waals surface area (Å²) in [7, 11) is 0. The van der Waals surface area contributed by atoms with Gasteiger partial charge < -0.3 is 10.4 Å². The Bertz CT molecular complexity index is 794. The Morgan fingerprint density at radius 3 is 2.39 bits per heavy atom. The number of benzene rings is 1. The number of alkyl halides is 2. The maximum absolute atomic E-state index is 11.9. The largest absolute Gasteiger partial charge is 0.390 e. The fraction of sp³-hybridized carbons (Fsp3) is 0.667. The number of amides is 3. The van der Waals surface area contributed by atoms with Crippen LogP contribution in [0.25, 0.3) is 0 Å². The number of piperazine rings is 1. The first-order valence-corrected chi connectivity index (χ1v) is 11.8. The van der Waals surface area contributed by atoms with Gasteiger partial charge in [0.15, 0.2) is 0 Å². The van der Waals surface area contributed by atoms with Crippen LogP contribution in [0.5, 0.6) is 0 Å². The number of carbonyl (C=O) groups is 2. The average Bonchev–Trinajstić information content (AvgIpc) is 2.74. The number of imide groups is 1. The summed E-state index contributed by atoms with van der Waals surface area (Å²) in [5, 5.41) is 13.5. The molecule has 33 heavy (non-hydrogen) atoms. The number of nitrogens with zero attached hydrogens (tertiary/aromatic N) is 2. The number of carbonyl (C=O) groups excluding carboxylic acids is 2. The minimum Gasteiger partial charge on any atom is -0.390 e. The lowest BCUT2D eigenvalue weighted by Gasteiger charge is -2.47. The van der Waals surface area contributed by atoms with Crippen LogP contribution in [0, 0.1) is 5.92 Å². The minimum atomic E-state index is -2.90. The van der Waals surface area contributed by atoms with Crippen molar-refractivity contribution in [1.29, 1.82) is 0 Å². The Morgan fingerprint density at radius 2 is 1.82 bits per heavy atom. The Balaban J connectivity index is 0.000000454. The zero-order valence-electron chi connectivity index (χ0n) is 19.5. The van der Waals surface area contributed by atoms with E-state index in [0.717, 1.165) is 37.2 Å². The lowest BCUT2D eigenvalue weighted by Crippen LogP contribution is -2.57. The lowest BCUT2D eigenvalue weighted by molar-refractivity contribution is -0.120. The standard InChI is InChI=1S/C21H30N4O2.C3H6F2O/c1-15-14-22-9-11-24(15)19-12-17(13-19)3-2-16-4-6-18(7-5-16)25-10-8-20(26)23-21(25)27;1-3(4,5)2-6/h4-7,15,17,19,22H,2-3,8-14H2,1H3,(H,23,26,27);6H,2H2,1H3. The highest BCUT2D eigenvalue weighted by atomic mass is 19.3. The molecular formula is C24H36F2N4O3. The predicted octanol–water partition coefficient (Wildman–Crippen LogP) is 2.77. The van der Waals surface area contributed by atoms with Crippen LogP contribution in [0.4, 0.5) is 19.3 Å². The van der Waals surface area contributed by atoms with E-state index >= 15 is 0 Å². The van der Waals surface area contributed by atoms with Gasteiger partial charge in [0.05, 0.1) is 0 Å². The van der Waals surface area contributed by atoms with E-state index in [9.17, 15) is 18.4 Å². The van der Waals surface area contributed by atoms with Gasteiger partial charge in [-0.1, -0.05) is 12.1 Å². The molecule has 3 fully saturated rings. The number of aryl methyl sites for hydroxylation is 1. The van der Waals surface area contributed by atoms with Crippen molar-refractivity contribution in [1.82, 2.24) is 15.5 Å². The summed E-state index contributed by atoms with van der Waals surface area (Å²) in [5.41, 5.74) is 2.19. The first-order chi connectivity index (χ1) is 15.7. The number of hydrogen-bond acceptors (Lipinski definition) is 5. The molecule has 4 rings (SSSR count). The van der Waals surface area contributed by atoms with Crippen LogP contribution in [0.15, 0.2) is 24.3 Å². The summed E-state index contributed by atoms with van der Waals surface area (Å²) >= 11 is 0. The van der Waals surface area contributed by atoms with Crippen molar-refractivity contribution in [3.05, 3.63) is 29.8 Å². The van der Waals surface area contributed by atoms with Gasteiger partial charge >= 0.3 is 6.03 Å². The lowest BCUT2D eigenvalue weighted by atomic mass is 9.75. The van der Waals surface area contributed by atoms with E-state index in [-0.39, 0.29) is 11.9 Å². The van der Waals surface area contributed by atoms with Crippen LogP contribution in [0.2, 0.25) is 0 Å². The summed E-state index contributed by atoms with van der Waals surface area (Å²) in [6.45, 7) is 5.82. The number of aliphatic hydroxyl groups excluding tert-OH is 1. The maximum Gasteiger partial charge on any atom is 0.328 e. The molecule has 1 aliphatic carbocycles. The number of halogens is 2. The smallest absolute Gasteiger partial charge is 0.328 e. The van der Waals surface area contributed by atoms with Gasteiger partial charge in [-0.2, -0.15) is 0 Å². The zero-order chi connectivity index (χ0) is 24.0. The molecule has 1 aromatic rings. The van der Waals surface area contributed by atoms with E-state index in [1.165, 1.54) is 31.4 Å². The second kappa shape index (κ2) is 11.4. The quantitative estimate of drug-likeness (QED) is 0.601. The van der Waals surface area contributed by atoms with Gasteiger partial charge in [-0.15, -0.1) is 0 Å². The molecule has 1 aromatic carbocycles. The van der Waals surface area contributed by atoms with E-state index < -0.39 is 12.5 Å². The Hall–Kier alpha value is -2.10. The molecule has 7 nitrogen and oxygen atoms in total. The van der Waals surface area contributed by atoms with Crippen molar-refractivity contribution in [2.24, 2.45) is 5.92 Å². The first-order valence-electron chi connectivity index (χ1n) is 11.8. The molecule has 0 aromatic heterocycles. The van der Waals surface area contributed by atoms with E-state index in [4.69, 9.17) is 5.11 Å².